The molecule has 6 heteroatoms. The first kappa shape index (κ1) is 13.9. The number of methoxy groups -OCH3 is 1. The van der Waals surface area contributed by atoms with E-state index in [2.05, 4.69) is 0 Å². The normalized spacial score (nSPS) is 26.2. The summed E-state index contributed by atoms with van der Waals surface area (Å²) in [5.41, 5.74) is 0. The average Bonchev–Trinajstić information content (AvgIpc) is 2.68. The largest absolute Gasteiger partial charge is 0.437 e. The molecule has 1 saturated heterocycles. The van der Waals surface area contributed by atoms with Gasteiger partial charge in [-0.2, -0.15) is 0 Å². The first-order valence-electron chi connectivity index (χ1n) is 5.81. The molecule has 94 valence electrons. The van der Waals surface area contributed by atoms with E-state index in [4.69, 9.17) is 14.2 Å². The zero-order valence-corrected chi connectivity index (χ0v) is 10.4. The van der Waals surface area contributed by atoms with Gasteiger partial charge in [0.05, 0.1) is 12.7 Å². The van der Waals surface area contributed by atoms with Gasteiger partial charge in [-0.15, -0.1) is 0 Å². The van der Waals surface area contributed by atoms with E-state index in [0.717, 1.165) is 13.0 Å². The van der Waals surface area contributed by atoms with E-state index >= 15 is 0 Å². The molecule has 1 fully saturated rings. The molecule has 0 aromatic carbocycles. The van der Waals surface area contributed by atoms with Crippen molar-refractivity contribution in [2.24, 2.45) is 0 Å². The maximum absolute atomic E-state index is 9.62. The molecule has 5 nitrogen and oxygen atoms in total. The summed E-state index contributed by atoms with van der Waals surface area (Å²) in [6, 6.07) is 0.213. The van der Waals surface area contributed by atoms with Gasteiger partial charge >= 0.3 is 7.05 Å². The Morgan fingerprint density at radius 2 is 2.19 bits per heavy atom. The molecular formula is C10H22BNO4. The maximum Gasteiger partial charge on any atom is 0.376 e. The Hall–Kier alpha value is -0.135. The summed E-state index contributed by atoms with van der Waals surface area (Å²) in [5.74, 6) is 0. The van der Waals surface area contributed by atoms with E-state index < -0.39 is 7.05 Å². The summed E-state index contributed by atoms with van der Waals surface area (Å²) in [6.45, 7) is 6.01. The minimum atomic E-state index is -0.458. The van der Waals surface area contributed by atoms with Crippen LogP contribution in [0.4, 0.5) is 0 Å². The van der Waals surface area contributed by atoms with Crippen LogP contribution in [0, 0.1) is 0 Å². The fourth-order valence-corrected chi connectivity index (χ4v) is 2.02. The van der Waals surface area contributed by atoms with Crippen LogP contribution in [0.3, 0.4) is 0 Å². The molecule has 0 bridgehead atoms. The molecule has 1 rings (SSSR count). The lowest BCUT2D eigenvalue weighted by Gasteiger charge is -2.24. The van der Waals surface area contributed by atoms with E-state index in [0.29, 0.717) is 20.0 Å². The maximum atomic E-state index is 9.62. The van der Waals surface area contributed by atoms with Gasteiger partial charge in [-0.25, -0.2) is 0 Å². The van der Waals surface area contributed by atoms with Crippen molar-refractivity contribution >= 4 is 7.05 Å². The Balaban J connectivity index is 2.31. The Morgan fingerprint density at radius 3 is 2.75 bits per heavy atom. The van der Waals surface area contributed by atoms with Crippen molar-refractivity contribution in [2.75, 3.05) is 33.7 Å². The Bertz CT molecular complexity index is 194. The molecule has 0 amide bonds. The first-order chi connectivity index (χ1) is 7.69. The third-order valence-corrected chi connectivity index (χ3v) is 2.91. The zero-order valence-electron chi connectivity index (χ0n) is 10.4. The van der Waals surface area contributed by atoms with Crippen LogP contribution in [0.2, 0.25) is 6.82 Å². The van der Waals surface area contributed by atoms with Gasteiger partial charge in [-0.3, -0.25) is 0 Å². The van der Waals surface area contributed by atoms with Crippen LogP contribution in [0.1, 0.15) is 13.3 Å². The first-order valence-corrected chi connectivity index (χ1v) is 5.81. The molecule has 0 spiro atoms. The van der Waals surface area contributed by atoms with Crippen molar-refractivity contribution in [1.29, 1.82) is 0 Å². The highest BCUT2D eigenvalue weighted by atomic mass is 16.7. The van der Waals surface area contributed by atoms with E-state index in [1.54, 1.807) is 13.9 Å². The SMILES string of the molecule is CCOCOC[C@@H]1CC(OC)CN1B(C)O. The lowest BCUT2D eigenvalue weighted by Crippen LogP contribution is -2.43. The molecule has 0 saturated carbocycles. The number of hydrogen-bond acceptors (Lipinski definition) is 5. The fraction of sp³-hybridized carbons (Fsp3) is 1.00. The summed E-state index contributed by atoms with van der Waals surface area (Å²) in [4.78, 5) is 2.00. The van der Waals surface area contributed by atoms with E-state index in [1.807, 2.05) is 11.7 Å². The second-order valence-electron chi connectivity index (χ2n) is 4.06. The number of ether oxygens (including phenoxy) is 3. The van der Waals surface area contributed by atoms with Gasteiger partial charge in [-0.1, -0.05) is 0 Å². The molecule has 2 atom stereocenters. The van der Waals surface area contributed by atoms with Crippen molar-refractivity contribution in [1.82, 2.24) is 4.81 Å². The van der Waals surface area contributed by atoms with Crippen LogP contribution >= 0.6 is 0 Å². The Morgan fingerprint density at radius 1 is 1.44 bits per heavy atom. The van der Waals surface area contributed by atoms with Crippen molar-refractivity contribution in [3.8, 4) is 0 Å². The van der Waals surface area contributed by atoms with E-state index in [1.165, 1.54) is 0 Å². The third-order valence-electron chi connectivity index (χ3n) is 2.91. The van der Waals surface area contributed by atoms with Gasteiger partial charge in [0.1, 0.15) is 6.79 Å². The lowest BCUT2D eigenvalue weighted by molar-refractivity contribution is -0.0597. The van der Waals surface area contributed by atoms with Gasteiger partial charge < -0.3 is 24.0 Å². The predicted octanol–water partition coefficient (Wildman–Crippen LogP) is 0.197. The van der Waals surface area contributed by atoms with Crippen LogP contribution in [0.25, 0.3) is 0 Å². The summed E-state index contributed by atoms with van der Waals surface area (Å²) >= 11 is 0. The molecule has 1 unspecified atom stereocenters. The highest BCUT2D eigenvalue weighted by Crippen LogP contribution is 2.20. The Kier molecular flexibility index (Phi) is 6.30. The highest BCUT2D eigenvalue weighted by molar-refractivity contribution is 6.45. The van der Waals surface area contributed by atoms with E-state index in [-0.39, 0.29) is 12.1 Å². The lowest BCUT2D eigenvalue weighted by atomic mass is 9.84. The molecule has 1 aliphatic rings. The average molecular weight is 231 g/mol. The highest BCUT2D eigenvalue weighted by Gasteiger charge is 2.36. The van der Waals surface area contributed by atoms with Crippen LogP contribution in [0.5, 0.6) is 0 Å². The molecule has 16 heavy (non-hydrogen) atoms. The smallest absolute Gasteiger partial charge is 0.376 e. The number of rotatable bonds is 7. The van der Waals surface area contributed by atoms with Gasteiger partial charge in [-0.05, 0) is 20.2 Å². The summed E-state index contributed by atoms with van der Waals surface area (Å²) in [6.07, 6.45) is 1.09. The zero-order chi connectivity index (χ0) is 12.0. The molecular weight excluding hydrogens is 209 g/mol. The van der Waals surface area contributed by atoms with Gasteiger partial charge in [0.15, 0.2) is 0 Å². The fourth-order valence-electron chi connectivity index (χ4n) is 2.02. The second kappa shape index (κ2) is 7.24. The summed E-state index contributed by atoms with van der Waals surface area (Å²) in [7, 11) is 1.25. The molecule has 0 aromatic heterocycles. The molecule has 0 aliphatic carbocycles. The van der Waals surface area contributed by atoms with Crippen LogP contribution in [0.15, 0.2) is 0 Å². The van der Waals surface area contributed by atoms with Crippen molar-refractivity contribution in [3.05, 3.63) is 0 Å². The topological polar surface area (TPSA) is 51.2 Å². The standard InChI is InChI=1S/C10H22BNO4/c1-4-15-8-16-7-9-5-10(14-3)6-12(9)11(2)13/h9-10,13H,4-8H2,1-3H3/t9-,10?/m0/s1. The second-order valence-corrected chi connectivity index (χ2v) is 4.06. The predicted molar refractivity (Wildman–Crippen MR) is 62.2 cm³/mol. The Labute approximate surface area is 97.8 Å². The van der Waals surface area contributed by atoms with Crippen molar-refractivity contribution in [2.45, 2.75) is 32.3 Å². The molecule has 1 heterocycles. The minimum Gasteiger partial charge on any atom is -0.437 e. The molecule has 1 aliphatic heterocycles. The minimum absolute atomic E-state index is 0.190. The summed E-state index contributed by atoms with van der Waals surface area (Å²) in [5, 5.41) is 9.62. The van der Waals surface area contributed by atoms with E-state index in [9.17, 15) is 5.02 Å². The third kappa shape index (κ3) is 4.03. The van der Waals surface area contributed by atoms with Crippen molar-refractivity contribution < 1.29 is 19.2 Å². The molecule has 0 aromatic rings. The number of nitrogens with zero attached hydrogens (tertiary/aromatic N) is 1. The molecule has 1 N–H and O–H groups in total. The van der Waals surface area contributed by atoms with Crippen LogP contribution < -0.4 is 0 Å². The van der Waals surface area contributed by atoms with Crippen molar-refractivity contribution in [3.63, 3.8) is 0 Å². The van der Waals surface area contributed by atoms with Gasteiger partial charge in [0, 0.05) is 26.3 Å². The van der Waals surface area contributed by atoms with Crippen LogP contribution in [-0.4, -0.2) is 62.7 Å². The van der Waals surface area contributed by atoms with Gasteiger partial charge in [0.25, 0.3) is 0 Å². The molecule has 0 radical (unpaired) electrons. The quantitative estimate of drug-likeness (QED) is 0.385. The number of hydrogen-bond donors (Lipinski definition) is 1. The summed E-state index contributed by atoms with van der Waals surface area (Å²) < 4.78 is 15.8. The van der Waals surface area contributed by atoms with Gasteiger partial charge in [0.2, 0.25) is 0 Å². The monoisotopic (exact) mass is 231 g/mol. The van der Waals surface area contributed by atoms with Crippen LogP contribution in [-0.2, 0) is 14.2 Å².